The number of carbonyl (C=O) groups is 1. The molecule has 0 saturated heterocycles. The number of ether oxygens (including phenoxy) is 1. The fourth-order valence-electron chi connectivity index (χ4n) is 2.60. The summed E-state index contributed by atoms with van der Waals surface area (Å²) < 4.78 is 19.3. The lowest BCUT2D eigenvalue weighted by Crippen LogP contribution is -2.47. The van der Waals surface area contributed by atoms with Crippen molar-refractivity contribution in [2.75, 3.05) is 0 Å². The zero-order valence-corrected chi connectivity index (χ0v) is 11.0. The van der Waals surface area contributed by atoms with E-state index in [0.29, 0.717) is 29.5 Å². The first-order valence-electron chi connectivity index (χ1n) is 6.42. The molecule has 1 heterocycles. The summed E-state index contributed by atoms with van der Waals surface area (Å²) in [5.74, 6) is -0.835. The Morgan fingerprint density at radius 1 is 1.50 bits per heavy atom. The van der Waals surface area contributed by atoms with Crippen molar-refractivity contribution in [2.24, 2.45) is 5.41 Å². The van der Waals surface area contributed by atoms with Crippen LogP contribution in [0, 0.1) is 11.2 Å². The molecule has 1 aliphatic rings. The van der Waals surface area contributed by atoms with Crippen molar-refractivity contribution in [3.05, 3.63) is 36.3 Å². The highest BCUT2D eigenvalue weighted by Gasteiger charge is 2.48. The molecule has 0 radical (unpaired) electrons. The molecule has 0 unspecified atom stereocenters. The van der Waals surface area contributed by atoms with Crippen molar-refractivity contribution in [1.82, 2.24) is 4.98 Å². The fraction of sp³-hybridized carbons (Fsp3) is 0.333. The highest BCUT2D eigenvalue weighted by Crippen LogP contribution is 2.43. The van der Waals surface area contributed by atoms with Gasteiger partial charge < -0.3 is 9.84 Å². The van der Waals surface area contributed by atoms with Crippen LogP contribution in [0.5, 0.6) is 5.75 Å². The molecule has 0 aliphatic heterocycles. The van der Waals surface area contributed by atoms with Gasteiger partial charge in [0.15, 0.2) is 0 Å². The molecule has 0 atom stereocenters. The minimum atomic E-state index is -0.820. The fourth-order valence-corrected chi connectivity index (χ4v) is 2.60. The average molecular weight is 275 g/mol. The zero-order valence-electron chi connectivity index (χ0n) is 11.0. The number of fused-ring (bicyclic) bond motifs is 1. The van der Waals surface area contributed by atoms with E-state index in [-0.39, 0.29) is 11.9 Å². The summed E-state index contributed by atoms with van der Waals surface area (Å²) >= 11 is 0. The van der Waals surface area contributed by atoms with Gasteiger partial charge in [0, 0.05) is 30.5 Å². The van der Waals surface area contributed by atoms with Crippen molar-refractivity contribution in [3.63, 3.8) is 0 Å². The molecule has 5 heteroatoms. The molecule has 2 aromatic rings. The SMILES string of the molecule is C[C@]1(C(=O)O)C[C@H](Oc2cc(F)cc3cccnc23)C1. The molecular weight excluding hydrogens is 261 g/mol. The van der Waals surface area contributed by atoms with Crippen LogP contribution in [0.1, 0.15) is 19.8 Å². The third-order valence-corrected chi connectivity index (χ3v) is 3.80. The van der Waals surface area contributed by atoms with E-state index >= 15 is 0 Å². The normalized spacial score (nSPS) is 25.2. The average Bonchev–Trinajstić information content (AvgIpc) is 2.36. The smallest absolute Gasteiger partial charge is 0.309 e. The summed E-state index contributed by atoms with van der Waals surface area (Å²) in [7, 11) is 0. The second kappa shape index (κ2) is 4.44. The van der Waals surface area contributed by atoms with Crippen molar-refractivity contribution >= 4 is 16.9 Å². The second-order valence-electron chi connectivity index (χ2n) is 5.49. The summed E-state index contributed by atoms with van der Waals surface area (Å²) in [6.45, 7) is 1.69. The standard InChI is InChI=1S/C15H14FNO3/c1-15(14(18)19)7-11(8-15)20-12-6-10(16)5-9-3-2-4-17-13(9)12/h2-6,11H,7-8H2,1H3,(H,18,19)/t11-,15-. The van der Waals surface area contributed by atoms with Gasteiger partial charge in [0.05, 0.1) is 5.41 Å². The maximum absolute atomic E-state index is 13.5. The van der Waals surface area contributed by atoms with Crippen LogP contribution in [0.3, 0.4) is 0 Å². The minimum Gasteiger partial charge on any atom is -0.488 e. The molecule has 1 saturated carbocycles. The van der Waals surface area contributed by atoms with E-state index in [1.165, 1.54) is 12.1 Å². The quantitative estimate of drug-likeness (QED) is 0.935. The number of hydrogen-bond donors (Lipinski definition) is 1. The van der Waals surface area contributed by atoms with Crippen LogP contribution in [-0.2, 0) is 4.79 Å². The Morgan fingerprint density at radius 2 is 2.25 bits per heavy atom. The van der Waals surface area contributed by atoms with Crippen LogP contribution in [0.4, 0.5) is 4.39 Å². The Bertz CT molecular complexity index is 680. The predicted molar refractivity (Wildman–Crippen MR) is 71.1 cm³/mol. The monoisotopic (exact) mass is 275 g/mol. The molecule has 1 aliphatic carbocycles. The van der Waals surface area contributed by atoms with Gasteiger partial charge in [0.1, 0.15) is 23.2 Å². The van der Waals surface area contributed by atoms with Gasteiger partial charge >= 0.3 is 5.97 Å². The Balaban J connectivity index is 1.84. The number of aliphatic carboxylic acids is 1. The lowest BCUT2D eigenvalue weighted by atomic mass is 9.68. The molecule has 0 bridgehead atoms. The van der Waals surface area contributed by atoms with Gasteiger partial charge in [0.25, 0.3) is 0 Å². The Kier molecular flexibility index (Phi) is 2.85. The lowest BCUT2D eigenvalue weighted by Gasteiger charge is -2.41. The maximum atomic E-state index is 13.5. The summed E-state index contributed by atoms with van der Waals surface area (Å²) in [5.41, 5.74) is -0.140. The third kappa shape index (κ3) is 2.09. The summed E-state index contributed by atoms with van der Waals surface area (Å²) in [5, 5.41) is 9.73. The van der Waals surface area contributed by atoms with E-state index in [0.717, 1.165) is 0 Å². The van der Waals surface area contributed by atoms with Gasteiger partial charge in [-0.25, -0.2) is 4.39 Å². The van der Waals surface area contributed by atoms with Gasteiger partial charge in [-0.2, -0.15) is 0 Å². The Hall–Kier alpha value is -2.17. The number of pyridine rings is 1. The molecule has 0 spiro atoms. The molecule has 1 fully saturated rings. The number of hydrogen-bond acceptors (Lipinski definition) is 3. The summed E-state index contributed by atoms with van der Waals surface area (Å²) in [4.78, 5) is 15.2. The van der Waals surface area contributed by atoms with Crippen molar-refractivity contribution in [1.29, 1.82) is 0 Å². The Labute approximate surface area is 115 Å². The first-order chi connectivity index (χ1) is 9.48. The molecule has 4 nitrogen and oxygen atoms in total. The number of benzene rings is 1. The van der Waals surface area contributed by atoms with Crippen LogP contribution in [0.2, 0.25) is 0 Å². The molecule has 0 amide bonds. The molecule has 1 aromatic heterocycles. The van der Waals surface area contributed by atoms with E-state index < -0.39 is 11.4 Å². The van der Waals surface area contributed by atoms with Crippen LogP contribution in [-0.4, -0.2) is 22.2 Å². The number of carboxylic acid groups (broad SMARTS) is 1. The first-order valence-corrected chi connectivity index (χ1v) is 6.42. The number of halogens is 1. The van der Waals surface area contributed by atoms with E-state index in [2.05, 4.69) is 4.98 Å². The van der Waals surface area contributed by atoms with Crippen LogP contribution in [0.15, 0.2) is 30.5 Å². The van der Waals surface area contributed by atoms with Gasteiger partial charge in [-0.1, -0.05) is 6.07 Å². The highest BCUT2D eigenvalue weighted by molar-refractivity contribution is 5.84. The van der Waals surface area contributed by atoms with Crippen LogP contribution < -0.4 is 4.74 Å². The first kappa shape index (κ1) is 12.8. The number of aromatic nitrogens is 1. The molecule has 20 heavy (non-hydrogen) atoms. The van der Waals surface area contributed by atoms with E-state index in [4.69, 9.17) is 9.84 Å². The maximum Gasteiger partial charge on any atom is 0.309 e. The van der Waals surface area contributed by atoms with Crippen LogP contribution in [0.25, 0.3) is 10.9 Å². The topological polar surface area (TPSA) is 59.4 Å². The molecule has 1 aromatic carbocycles. The van der Waals surface area contributed by atoms with Crippen molar-refractivity contribution in [2.45, 2.75) is 25.9 Å². The largest absolute Gasteiger partial charge is 0.488 e. The lowest BCUT2D eigenvalue weighted by molar-refractivity contribution is -0.159. The van der Waals surface area contributed by atoms with Gasteiger partial charge in [-0.3, -0.25) is 9.78 Å². The van der Waals surface area contributed by atoms with Gasteiger partial charge in [-0.05, 0) is 19.1 Å². The van der Waals surface area contributed by atoms with E-state index in [9.17, 15) is 9.18 Å². The van der Waals surface area contributed by atoms with Gasteiger partial charge in [-0.15, -0.1) is 0 Å². The van der Waals surface area contributed by atoms with Crippen molar-refractivity contribution in [3.8, 4) is 5.75 Å². The molecular formula is C15H14FNO3. The van der Waals surface area contributed by atoms with Crippen LogP contribution >= 0.6 is 0 Å². The van der Waals surface area contributed by atoms with E-state index in [1.54, 1.807) is 25.3 Å². The van der Waals surface area contributed by atoms with E-state index in [1.807, 2.05) is 0 Å². The molecule has 104 valence electrons. The number of carboxylic acids is 1. The molecule has 1 N–H and O–H groups in total. The highest BCUT2D eigenvalue weighted by atomic mass is 19.1. The minimum absolute atomic E-state index is 0.205. The summed E-state index contributed by atoms with van der Waals surface area (Å²) in [6.07, 6.45) is 2.26. The Morgan fingerprint density at radius 3 is 2.95 bits per heavy atom. The predicted octanol–water partition coefficient (Wildman–Crippen LogP) is 3.01. The van der Waals surface area contributed by atoms with Gasteiger partial charge in [0.2, 0.25) is 0 Å². The number of nitrogens with zero attached hydrogens (tertiary/aromatic N) is 1. The van der Waals surface area contributed by atoms with Crippen molar-refractivity contribution < 1.29 is 19.0 Å². The third-order valence-electron chi connectivity index (χ3n) is 3.80. The second-order valence-corrected chi connectivity index (χ2v) is 5.49. The summed E-state index contributed by atoms with van der Waals surface area (Å²) in [6, 6.07) is 6.19. The number of rotatable bonds is 3. The molecule has 3 rings (SSSR count). The zero-order chi connectivity index (χ0) is 14.3.